The standard InChI is InChI=1S/C37H35FN4O3.C25H27BFNO3.C18H20BrN3O2/c1-40-18-4-5-34(43)35(40)23-8-12-26(13-9-23)39-31-15-17-32(42(3)37(31)45)25-11-16-33-28(19-25)29(21-41(33)2)36(44)27-14-10-24(20-30(27)38)22-6-7-22;1-24(2)25(3,4)31-26(30-24)17-9-11-22-19(13-17)20(14-28(22)5)23(29)18-10-8-16(12-21(18)27)15-6-7-15;1-21-11-3-4-15(23)17(21)12-5-7-13(8-6-12)20-14-9-10-16(19)22(2)18(14)24/h8-17,19-22,35,39H,4-7,18H2,1-3H3;8-15H,6-7H2,1-5H3;5-10,17,20H,3-4,11H2,1-2H3. The van der Waals surface area contributed by atoms with Crippen LogP contribution in [0.25, 0.3) is 33.1 Å². The number of carbonyl (C=O) groups excluding carboxylic acids is 4. The molecular weight excluding hydrogens is 1330 g/mol. The van der Waals surface area contributed by atoms with Crippen molar-refractivity contribution in [2.24, 2.45) is 28.2 Å². The van der Waals surface area contributed by atoms with Gasteiger partial charge in [-0.25, -0.2) is 8.78 Å². The van der Waals surface area contributed by atoms with Gasteiger partial charge in [-0.1, -0.05) is 54.6 Å². The number of anilines is 4. The fourth-order valence-electron chi connectivity index (χ4n) is 14.0. The molecule has 2 unspecified atom stereocenters. The molecule has 2 atom stereocenters. The Morgan fingerprint density at radius 2 is 0.930 bits per heavy atom. The maximum atomic E-state index is 15.1. The maximum absolute atomic E-state index is 15.1. The summed E-state index contributed by atoms with van der Waals surface area (Å²) >= 11 is 3.33. The third-order valence-electron chi connectivity index (χ3n) is 20.8. The third-order valence-corrected chi connectivity index (χ3v) is 21.6. The molecule has 2 saturated carbocycles. The highest BCUT2D eigenvalue weighted by Crippen LogP contribution is 2.43. The molecule has 3 aliphatic heterocycles. The largest absolute Gasteiger partial charge is 0.494 e. The van der Waals surface area contributed by atoms with Crippen molar-refractivity contribution in [2.75, 3.05) is 37.8 Å². The number of nitrogens with zero attached hydrogens (tertiary/aromatic N) is 6. The summed E-state index contributed by atoms with van der Waals surface area (Å²) in [6, 6.07) is 43.8. The number of pyridine rings is 2. The normalized spacial score (nSPS) is 18.4. The van der Waals surface area contributed by atoms with Crippen molar-refractivity contribution in [1.82, 2.24) is 28.1 Å². The van der Waals surface area contributed by atoms with Crippen molar-refractivity contribution in [3.05, 3.63) is 239 Å². The predicted molar refractivity (Wildman–Crippen MR) is 394 cm³/mol. The SMILES string of the molecule is CN1CCCC(=O)C1c1ccc(Nc2ccc(-c3ccc4c(c3)c(C(=O)c3ccc(C5CC5)cc3F)cn4C)n(C)c2=O)cc1.CN1CCCC(=O)C1c1ccc(Nc2ccc(Br)n(C)c2=O)cc1.Cn1cc(C(=O)c2ccc(C3CC3)cc2F)c2cc(B3OC(C)(C)C(C)(C)O3)ccc21. The minimum atomic E-state index is -0.521. The van der Waals surface area contributed by atoms with Gasteiger partial charge in [-0.3, -0.25) is 38.6 Å². The van der Waals surface area contributed by atoms with Crippen LogP contribution in [0.2, 0.25) is 0 Å². The summed E-state index contributed by atoms with van der Waals surface area (Å²) in [7, 11) is 10.6. The first-order valence-electron chi connectivity index (χ1n) is 34.2. The quantitative estimate of drug-likeness (QED) is 0.0601. The lowest BCUT2D eigenvalue weighted by atomic mass is 9.78. The van der Waals surface area contributed by atoms with E-state index in [2.05, 4.69) is 36.4 Å². The molecule has 100 heavy (non-hydrogen) atoms. The van der Waals surface area contributed by atoms with Crippen LogP contribution in [0, 0.1) is 11.6 Å². The number of likely N-dealkylation sites (N-methyl/N-ethyl adjacent to an activating group) is 2. The van der Waals surface area contributed by atoms with Gasteiger partial charge in [-0.15, -0.1) is 0 Å². The van der Waals surface area contributed by atoms with Gasteiger partial charge in [0.15, 0.2) is 23.1 Å². The Bertz CT molecular complexity index is 5000. The van der Waals surface area contributed by atoms with Gasteiger partial charge < -0.3 is 38.2 Å². The highest BCUT2D eigenvalue weighted by atomic mass is 79.9. The summed E-state index contributed by atoms with van der Waals surface area (Å²) < 4.78 is 49.8. The van der Waals surface area contributed by atoms with Crippen LogP contribution >= 0.6 is 15.9 Å². The molecule has 7 heterocycles. The number of aromatic nitrogens is 4. The van der Waals surface area contributed by atoms with Crippen LogP contribution in [-0.2, 0) is 47.1 Å². The maximum Gasteiger partial charge on any atom is 0.494 e. The fourth-order valence-corrected chi connectivity index (χ4v) is 14.3. The van der Waals surface area contributed by atoms with Gasteiger partial charge in [0.1, 0.15) is 23.0 Å². The Labute approximate surface area is 589 Å². The average Bonchev–Trinajstić information content (AvgIpc) is 1.55. The number of benzene rings is 6. The van der Waals surface area contributed by atoms with Crippen molar-refractivity contribution >= 4 is 96.2 Å². The Kier molecular flexibility index (Phi) is 19.2. The van der Waals surface area contributed by atoms with Crippen molar-refractivity contribution in [3.8, 4) is 11.3 Å². The van der Waals surface area contributed by atoms with Gasteiger partial charge in [-0.05, 0) is 245 Å². The lowest BCUT2D eigenvalue weighted by Gasteiger charge is -2.32. The number of aryl methyl sites for hydroxylation is 2. The second-order valence-electron chi connectivity index (χ2n) is 28.4. The van der Waals surface area contributed by atoms with Crippen molar-refractivity contribution in [3.63, 3.8) is 0 Å². The summed E-state index contributed by atoms with van der Waals surface area (Å²) in [6.07, 6.45) is 10.9. The molecule has 20 heteroatoms. The molecule has 514 valence electrons. The second-order valence-corrected chi connectivity index (χ2v) is 29.2. The van der Waals surface area contributed by atoms with Gasteiger partial charge in [0.25, 0.3) is 11.1 Å². The summed E-state index contributed by atoms with van der Waals surface area (Å²) in [5.74, 6) is -0.272. The van der Waals surface area contributed by atoms with E-state index in [1.54, 1.807) is 55.3 Å². The number of halogens is 3. The number of carbonyl (C=O) groups is 4. The monoisotopic (exact) mass is 1410 g/mol. The lowest BCUT2D eigenvalue weighted by molar-refractivity contribution is -0.127. The first kappa shape index (κ1) is 69.3. The van der Waals surface area contributed by atoms with Gasteiger partial charge in [-0.2, -0.15) is 0 Å². The first-order valence-corrected chi connectivity index (χ1v) is 35.0. The zero-order valence-electron chi connectivity index (χ0n) is 58.1. The summed E-state index contributed by atoms with van der Waals surface area (Å²) in [4.78, 5) is 81.5. The van der Waals surface area contributed by atoms with Crippen LogP contribution in [-0.4, -0.2) is 96.7 Å². The number of hydrogen-bond acceptors (Lipinski definition) is 12. The molecule has 6 aromatic carbocycles. The molecule has 15 rings (SSSR count). The molecule has 2 N–H and O–H groups in total. The molecule has 2 aliphatic carbocycles. The fraction of sp³-hybridized carbons (Fsp3) is 0.325. The topological polar surface area (TPSA) is 171 Å². The van der Waals surface area contributed by atoms with Gasteiger partial charge in [0, 0.05) is 97.7 Å². The highest BCUT2D eigenvalue weighted by Gasteiger charge is 2.52. The number of ketones is 4. The molecule has 4 aromatic heterocycles. The number of likely N-dealkylation sites (tertiary alicyclic amines) is 2. The minimum Gasteiger partial charge on any atom is -0.399 e. The molecule has 10 aromatic rings. The van der Waals surface area contributed by atoms with E-state index in [1.165, 1.54) is 16.7 Å². The van der Waals surface area contributed by atoms with Crippen LogP contribution in [0.1, 0.15) is 157 Å². The first-order chi connectivity index (χ1) is 47.7. The van der Waals surface area contributed by atoms with E-state index >= 15 is 4.39 Å². The van der Waals surface area contributed by atoms with E-state index in [0.717, 1.165) is 117 Å². The van der Waals surface area contributed by atoms with Crippen LogP contribution < -0.4 is 27.2 Å². The van der Waals surface area contributed by atoms with Crippen molar-refractivity contribution in [2.45, 2.75) is 114 Å². The lowest BCUT2D eigenvalue weighted by Crippen LogP contribution is -2.41. The molecule has 5 fully saturated rings. The van der Waals surface area contributed by atoms with Gasteiger partial charge >= 0.3 is 7.12 Å². The highest BCUT2D eigenvalue weighted by molar-refractivity contribution is 9.10. The van der Waals surface area contributed by atoms with E-state index in [1.807, 2.05) is 174 Å². The zero-order valence-corrected chi connectivity index (χ0v) is 59.6. The Morgan fingerprint density at radius 3 is 1.38 bits per heavy atom. The summed E-state index contributed by atoms with van der Waals surface area (Å²) in [5.41, 5.74) is 10.3. The van der Waals surface area contributed by atoms with E-state index in [9.17, 15) is 33.2 Å². The third kappa shape index (κ3) is 13.9. The summed E-state index contributed by atoms with van der Waals surface area (Å²) in [5, 5.41) is 7.83. The Morgan fingerprint density at radius 1 is 0.500 bits per heavy atom. The van der Waals surface area contributed by atoms with Crippen LogP contribution in [0.15, 0.2) is 172 Å². The number of rotatable bonds is 14. The zero-order chi connectivity index (χ0) is 70.8. The van der Waals surface area contributed by atoms with E-state index in [-0.39, 0.29) is 57.5 Å². The molecule has 0 radical (unpaired) electrons. The smallest absolute Gasteiger partial charge is 0.399 e. The number of nitrogens with one attached hydrogen (secondary N) is 2. The van der Waals surface area contributed by atoms with Crippen molar-refractivity contribution in [1.29, 1.82) is 0 Å². The van der Waals surface area contributed by atoms with E-state index in [0.29, 0.717) is 58.3 Å². The number of fused-ring (bicyclic) bond motifs is 2. The second kappa shape index (κ2) is 27.7. The number of hydrogen-bond donors (Lipinski definition) is 2. The minimum absolute atomic E-state index is 0.0607. The van der Waals surface area contributed by atoms with Crippen LogP contribution in [0.4, 0.5) is 31.5 Å². The molecule has 0 amide bonds. The van der Waals surface area contributed by atoms with E-state index in [4.69, 9.17) is 9.31 Å². The molecule has 0 spiro atoms. The predicted octanol–water partition coefficient (Wildman–Crippen LogP) is 14.8. The van der Waals surface area contributed by atoms with Crippen LogP contribution in [0.3, 0.4) is 0 Å². The summed E-state index contributed by atoms with van der Waals surface area (Å²) in [6.45, 7) is 9.87. The molecular formula is C80H82BBrF2N8O8. The number of Topliss-reactive ketones (excluding diaryl/α,β-unsaturated/α-hetero) is 2. The number of piperidine rings is 2. The molecule has 3 saturated heterocycles. The van der Waals surface area contributed by atoms with E-state index < -0.39 is 30.0 Å². The molecule has 5 aliphatic rings. The van der Waals surface area contributed by atoms with Crippen molar-refractivity contribution < 1.29 is 37.3 Å². The Balaban J connectivity index is 0.000000142. The molecule has 16 nitrogen and oxygen atoms in total. The molecule has 0 bridgehead atoms. The van der Waals surface area contributed by atoms with Gasteiger partial charge in [0.05, 0.1) is 44.7 Å². The van der Waals surface area contributed by atoms with Crippen LogP contribution in [0.5, 0.6) is 0 Å². The van der Waals surface area contributed by atoms with Gasteiger partial charge in [0.2, 0.25) is 0 Å². The average molecular weight is 1410 g/mol. The Hall–Kier alpha value is -9.18.